The summed E-state index contributed by atoms with van der Waals surface area (Å²) >= 11 is 1.89. The molecule has 1 N–H and O–H groups in total. The summed E-state index contributed by atoms with van der Waals surface area (Å²) in [5.41, 5.74) is 1.65. The molecule has 3 aliphatic rings. The number of hydrogen-bond donors (Lipinski definition) is 1. The molecule has 1 aromatic heterocycles. The zero-order valence-electron chi connectivity index (χ0n) is 17.4. The van der Waals surface area contributed by atoms with Crippen LogP contribution in [-0.4, -0.2) is 47.7 Å². The number of fused-ring (bicyclic) bond motifs is 1. The molecule has 3 heterocycles. The Kier molecular flexibility index (Phi) is 5.05. The van der Waals surface area contributed by atoms with Crippen LogP contribution < -0.4 is 10.2 Å². The smallest absolute Gasteiger partial charge is 0.414 e. The van der Waals surface area contributed by atoms with Gasteiger partial charge in [0.2, 0.25) is 5.91 Å². The highest BCUT2D eigenvalue weighted by atomic mass is 32.2. The van der Waals surface area contributed by atoms with Crippen molar-refractivity contribution in [2.24, 2.45) is 11.8 Å². The molecule has 2 aromatic rings. The number of pyridine rings is 1. The zero-order valence-corrected chi connectivity index (χ0v) is 18.2. The van der Waals surface area contributed by atoms with Crippen LogP contribution >= 0.6 is 11.8 Å². The van der Waals surface area contributed by atoms with Crippen LogP contribution in [0.25, 0.3) is 16.0 Å². The van der Waals surface area contributed by atoms with E-state index in [4.69, 9.17) is 11.3 Å². The number of anilines is 1. The fourth-order valence-electron chi connectivity index (χ4n) is 4.73. The summed E-state index contributed by atoms with van der Waals surface area (Å²) in [6, 6.07) is 8.23. The summed E-state index contributed by atoms with van der Waals surface area (Å²) in [6.07, 6.45) is 0.562. The Morgan fingerprint density at radius 1 is 1.38 bits per heavy atom. The molecular weight excluding hydrogens is 431 g/mol. The van der Waals surface area contributed by atoms with Crippen LogP contribution in [0, 0.1) is 24.2 Å². The van der Waals surface area contributed by atoms with E-state index in [1.807, 2.05) is 23.9 Å². The molecule has 32 heavy (non-hydrogen) atoms. The first kappa shape index (κ1) is 20.8. The predicted octanol–water partition coefficient (Wildman–Crippen LogP) is 3.46. The van der Waals surface area contributed by atoms with Gasteiger partial charge in [0.25, 0.3) is 5.54 Å². The lowest BCUT2D eigenvalue weighted by atomic mass is 10.0. The predicted molar refractivity (Wildman–Crippen MR) is 119 cm³/mol. The Morgan fingerprint density at radius 3 is 2.78 bits per heavy atom. The Bertz CT molecular complexity index is 1120. The molecule has 1 aliphatic carbocycles. The van der Waals surface area contributed by atoms with Crippen molar-refractivity contribution >= 4 is 29.4 Å². The molecule has 3 fully saturated rings. The number of amides is 2. The average Bonchev–Trinajstić information content (AvgIpc) is 3.09. The first-order chi connectivity index (χ1) is 15.4. The summed E-state index contributed by atoms with van der Waals surface area (Å²) in [4.78, 5) is 33.0. The van der Waals surface area contributed by atoms with Crippen LogP contribution in [0.2, 0.25) is 0 Å². The molecule has 2 aliphatic heterocycles. The highest BCUT2D eigenvalue weighted by Gasteiger charge is 2.76. The second-order valence-corrected chi connectivity index (χ2v) is 9.41. The molecule has 2 saturated heterocycles. The maximum Gasteiger partial charge on any atom is 0.414 e. The van der Waals surface area contributed by atoms with E-state index in [1.165, 1.54) is 17.9 Å². The number of ether oxygens (including phenoxy) is 1. The Balaban J connectivity index is 1.32. The SMILES string of the molecule is [C-]#[N+]C1(c2ccc(-c3ccc(N4C[C@H](CNC(C)=O)OC4=O)cc3F)cn2)[C@@H]2CSC[C@@H]21. The molecule has 0 bridgehead atoms. The zero-order chi connectivity index (χ0) is 22.5. The van der Waals surface area contributed by atoms with E-state index < -0.39 is 23.6 Å². The highest BCUT2D eigenvalue weighted by Crippen LogP contribution is 2.66. The van der Waals surface area contributed by atoms with Crippen LogP contribution in [0.15, 0.2) is 36.5 Å². The number of aromatic nitrogens is 1. The second-order valence-electron chi connectivity index (χ2n) is 8.34. The van der Waals surface area contributed by atoms with Gasteiger partial charge in [0.05, 0.1) is 30.6 Å². The third-order valence-corrected chi connectivity index (χ3v) is 7.68. The van der Waals surface area contributed by atoms with Crippen LogP contribution in [0.3, 0.4) is 0 Å². The third kappa shape index (κ3) is 3.30. The fourth-order valence-corrected chi connectivity index (χ4v) is 6.34. The van der Waals surface area contributed by atoms with Gasteiger partial charge in [0, 0.05) is 35.8 Å². The average molecular weight is 453 g/mol. The van der Waals surface area contributed by atoms with Crippen molar-refractivity contribution in [3.05, 3.63) is 59.5 Å². The van der Waals surface area contributed by atoms with E-state index >= 15 is 0 Å². The lowest BCUT2D eigenvalue weighted by Crippen LogP contribution is -2.33. The minimum atomic E-state index is -0.573. The van der Waals surface area contributed by atoms with Crippen LogP contribution in [0.5, 0.6) is 0 Å². The van der Waals surface area contributed by atoms with E-state index in [2.05, 4.69) is 15.1 Å². The lowest BCUT2D eigenvalue weighted by Gasteiger charge is -2.15. The van der Waals surface area contributed by atoms with Crippen LogP contribution in [0.1, 0.15) is 12.6 Å². The molecule has 9 heteroatoms. The molecule has 0 spiro atoms. The number of thioether (sulfide) groups is 1. The number of hydrogen-bond acceptors (Lipinski definition) is 5. The summed E-state index contributed by atoms with van der Waals surface area (Å²) in [6.45, 7) is 9.52. The lowest BCUT2D eigenvalue weighted by molar-refractivity contribution is -0.119. The van der Waals surface area contributed by atoms with Crippen molar-refractivity contribution in [2.45, 2.75) is 18.6 Å². The van der Waals surface area contributed by atoms with Crippen LogP contribution in [-0.2, 0) is 15.1 Å². The molecule has 164 valence electrons. The summed E-state index contributed by atoms with van der Waals surface area (Å²) in [7, 11) is 0. The molecule has 1 aromatic carbocycles. The normalized spacial score (nSPS) is 28.1. The summed E-state index contributed by atoms with van der Waals surface area (Å²) < 4.78 is 20.2. The van der Waals surface area contributed by atoms with Gasteiger partial charge in [-0.2, -0.15) is 11.8 Å². The quantitative estimate of drug-likeness (QED) is 0.704. The summed E-state index contributed by atoms with van der Waals surface area (Å²) in [5, 5.41) is 2.62. The molecule has 0 radical (unpaired) electrons. The van der Waals surface area contributed by atoms with Gasteiger partial charge in [-0.05, 0) is 24.3 Å². The molecule has 1 unspecified atom stereocenters. The van der Waals surface area contributed by atoms with Crippen molar-refractivity contribution in [2.75, 3.05) is 29.5 Å². The number of cyclic esters (lactones) is 1. The number of benzene rings is 1. The highest BCUT2D eigenvalue weighted by molar-refractivity contribution is 7.99. The Hall–Kier alpha value is -3.12. The summed E-state index contributed by atoms with van der Waals surface area (Å²) in [5.74, 6) is 2.05. The van der Waals surface area contributed by atoms with Gasteiger partial charge < -0.3 is 14.9 Å². The van der Waals surface area contributed by atoms with Gasteiger partial charge >= 0.3 is 6.09 Å². The number of nitrogens with one attached hydrogen (secondary N) is 1. The third-order valence-electron chi connectivity index (χ3n) is 6.49. The van der Waals surface area contributed by atoms with Crippen LogP contribution in [0.4, 0.5) is 14.9 Å². The van der Waals surface area contributed by atoms with Gasteiger partial charge in [-0.25, -0.2) is 15.8 Å². The maximum absolute atomic E-state index is 15.0. The fraction of sp³-hybridized carbons (Fsp3) is 0.391. The standard InChI is InChI=1S/C23H21FN4O3S/c1-13(29)26-9-16-10-28(22(30)31-16)15-4-5-17(20(24)7-15)14-3-6-21(27-8-14)23(25-2)18-11-32-12-19(18)23/h3-8,16,18-19H,9-12H2,1H3,(H,26,29)/t16-,18-,19+,23?/m0/s1. The van der Waals surface area contributed by atoms with Crippen molar-refractivity contribution in [3.63, 3.8) is 0 Å². The molecule has 7 nitrogen and oxygen atoms in total. The first-order valence-electron chi connectivity index (χ1n) is 10.4. The minimum absolute atomic E-state index is 0.208. The van der Waals surface area contributed by atoms with Gasteiger partial charge in [0.1, 0.15) is 17.6 Å². The number of carbonyl (C=O) groups excluding carboxylic acids is 2. The number of nitrogens with zero attached hydrogens (tertiary/aromatic N) is 3. The largest absolute Gasteiger partial charge is 0.442 e. The van der Waals surface area contributed by atoms with Crippen molar-refractivity contribution in [1.29, 1.82) is 0 Å². The molecular formula is C23H21FN4O3S. The topological polar surface area (TPSA) is 75.9 Å². The number of rotatable bonds is 5. The Labute approximate surface area is 189 Å². The van der Waals surface area contributed by atoms with E-state index in [1.54, 1.807) is 18.3 Å². The van der Waals surface area contributed by atoms with E-state index in [0.717, 1.165) is 17.2 Å². The molecule has 4 atom stereocenters. The van der Waals surface area contributed by atoms with E-state index in [0.29, 0.717) is 28.7 Å². The number of halogens is 1. The maximum atomic E-state index is 15.0. The van der Waals surface area contributed by atoms with Crippen molar-refractivity contribution in [3.8, 4) is 11.1 Å². The molecule has 5 rings (SSSR count). The monoisotopic (exact) mass is 452 g/mol. The second kappa shape index (κ2) is 7.78. The minimum Gasteiger partial charge on any atom is -0.442 e. The van der Waals surface area contributed by atoms with Crippen molar-refractivity contribution in [1.82, 2.24) is 10.3 Å². The van der Waals surface area contributed by atoms with Crippen molar-refractivity contribution < 1.29 is 18.7 Å². The first-order valence-corrected chi connectivity index (χ1v) is 11.5. The van der Waals surface area contributed by atoms with Gasteiger partial charge in [-0.15, -0.1) is 0 Å². The van der Waals surface area contributed by atoms with E-state index in [9.17, 15) is 14.0 Å². The van der Waals surface area contributed by atoms with Gasteiger partial charge in [-0.3, -0.25) is 14.7 Å². The molecule has 2 amide bonds. The number of carbonyl (C=O) groups is 2. The van der Waals surface area contributed by atoms with Gasteiger partial charge in [0.15, 0.2) is 0 Å². The Morgan fingerprint density at radius 2 is 2.16 bits per heavy atom. The van der Waals surface area contributed by atoms with Gasteiger partial charge in [-0.1, -0.05) is 6.07 Å². The molecule has 1 saturated carbocycles. The van der Waals surface area contributed by atoms with E-state index in [-0.39, 0.29) is 19.0 Å².